The zero-order valence-electron chi connectivity index (χ0n) is 9.54. The molecule has 0 amide bonds. The van der Waals surface area contributed by atoms with Crippen LogP contribution in [0.2, 0.25) is 0 Å². The van der Waals surface area contributed by atoms with Crippen LogP contribution in [-0.4, -0.2) is 40.6 Å². The van der Waals surface area contributed by atoms with Crippen molar-refractivity contribution in [3.63, 3.8) is 0 Å². The molecule has 0 radical (unpaired) electrons. The van der Waals surface area contributed by atoms with Crippen molar-refractivity contribution in [2.75, 3.05) is 13.2 Å². The molecule has 17 heavy (non-hydrogen) atoms. The quantitative estimate of drug-likeness (QED) is 0.648. The molecule has 0 saturated carbocycles. The van der Waals surface area contributed by atoms with Gasteiger partial charge in [-0.3, -0.25) is 4.79 Å². The molecule has 1 aromatic carbocycles. The molecule has 0 bridgehead atoms. The largest absolute Gasteiger partial charge is 0.508 e. The molecule has 0 aliphatic carbocycles. The van der Waals surface area contributed by atoms with Gasteiger partial charge in [0.1, 0.15) is 18.5 Å². The normalized spacial score (nSPS) is 14.1. The highest BCUT2D eigenvalue weighted by Crippen LogP contribution is 2.19. The van der Waals surface area contributed by atoms with Gasteiger partial charge in [-0.15, -0.1) is 0 Å². The summed E-state index contributed by atoms with van der Waals surface area (Å²) < 4.78 is 4.83. The summed E-state index contributed by atoms with van der Waals surface area (Å²) in [6.07, 6.45) is -1.05. The molecule has 2 atom stereocenters. The van der Waals surface area contributed by atoms with Crippen LogP contribution in [0.3, 0.4) is 0 Å². The summed E-state index contributed by atoms with van der Waals surface area (Å²) in [5.74, 6) is -0.838. The molecular weight excluding hydrogens is 224 g/mol. The van der Waals surface area contributed by atoms with Gasteiger partial charge in [-0.05, 0) is 24.6 Å². The van der Waals surface area contributed by atoms with Gasteiger partial charge in [0.25, 0.3) is 0 Å². The van der Waals surface area contributed by atoms with Crippen molar-refractivity contribution >= 4 is 5.97 Å². The van der Waals surface area contributed by atoms with E-state index in [0.29, 0.717) is 5.56 Å². The highest BCUT2D eigenvalue weighted by Gasteiger charge is 2.17. The third-order valence-corrected chi connectivity index (χ3v) is 2.38. The van der Waals surface area contributed by atoms with Crippen molar-refractivity contribution in [1.82, 2.24) is 0 Å². The van der Waals surface area contributed by atoms with Crippen molar-refractivity contribution in [3.05, 3.63) is 29.8 Å². The zero-order chi connectivity index (χ0) is 12.8. The Labute approximate surface area is 99.3 Å². The number of phenols is 1. The fraction of sp³-hybridized carbons (Fsp3) is 0.417. The number of aliphatic hydroxyl groups is 2. The number of ether oxygens (including phenoxy) is 1. The monoisotopic (exact) mass is 240 g/mol. The Morgan fingerprint density at radius 1 is 1.35 bits per heavy atom. The molecule has 0 aliphatic heterocycles. The van der Waals surface area contributed by atoms with E-state index in [-0.39, 0.29) is 12.4 Å². The maximum Gasteiger partial charge on any atom is 0.313 e. The Morgan fingerprint density at radius 3 is 2.47 bits per heavy atom. The first-order chi connectivity index (χ1) is 8.04. The number of carbonyl (C=O) groups excluding carboxylic acids is 1. The van der Waals surface area contributed by atoms with E-state index >= 15 is 0 Å². The molecule has 3 N–H and O–H groups in total. The standard InChI is InChI=1S/C12H16O5/c1-8(9-2-4-10(14)5-3-9)12(16)17-7-11(15)6-13/h2-5,8,11,13-15H,6-7H2,1H3. The van der Waals surface area contributed by atoms with E-state index in [9.17, 15) is 4.79 Å². The molecular formula is C12H16O5. The molecule has 5 nitrogen and oxygen atoms in total. The fourth-order valence-corrected chi connectivity index (χ4v) is 1.26. The van der Waals surface area contributed by atoms with E-state index in [1.165, 1.54) is 12.1 Å². The Hall–Kier alpha value is -1.59. The molecule has 0 aromatic heterocycles. The van der Waals surface area contributed by atoms with Crippen LogP contribution in [0.1, 0.15) is 18.4 Å². The van der Waals surface area contributed by atoms with E-state index in [0.717, 1.165) is 0 Å². The lowest BCUT2D eigenvalue weighted by atomic mass is 10.0. The second kappa shape index (κ2) is 6.22. The van der Waals surface area contributed by atoms with Crippen LogP contribution in [0.4, 0.5) is 0 Å². The van der Waals surface area contributed by atoms with Gasteiger partial charge in [0.05, 0.1) is 12.5 Å². The second-order valence-corrected chi connectivity index (χ2v) is 3.78. The summed E-state index contributed by atoms with van der Waals surface area (Å²) in [5.41, 5.74) is 0.714. The zero-order valence-corrected chi connectivity index (χ0v) is 9.54. The van der Waals surface area contributed by atoms with E-state index in [4.69, 9.17) is 20.1 Å². The molecule has 0 spiro atoms. The number of esters is 1. The SMILES string of the molecule is CC(C(=O)OCC(O)CO)c1ccc(O)cc1. The number of carbonyl (C=O) groups is 1. The van der Waals surface area contributed by atoms with Gasteiger partial charge in [0.2, 0.25) is 0 Å². The molecule has 0 fully saturated rings. The Bertz CT molecular complexity index is 360. The first-order valence-corrected chi connectivity index (χ1v) is 5.29. The third-order valence-electron chi connectivity index (χ3n) is 2.38. The van der Waals surface area contributed by atoms with Gasteiger partial charge in [-0.2, -0.15) is 0 Å². The summed E-state index contributed by atoms with van der Waals surface area (Å²) in [4.78, 5) is 11.6. The number of phenolic OH excluding ortho intramolecular Hbond substituents is 1. The van der Waals surface area contributed by atoms with Gasteiger partial charge >= 0.3 is 5.97 Å². The van der Waals surface area contributed by atoms with Crippen molar-refractivity contribution in [2.45, 2.75) is 18.9 Å². The predicted octanol–water partition coefficient (Wildman–Crippen LogP) is 0.392. The van der Waals surface area contributed by atoms with Gasteiger partial charge < -0.3 is 20.1 Å². The fourth-order valence-electron chi connectivity index (χ4n) is 1.26. The topological polar surface area (TPSA) is 87.0 Å². The highest BCUT2D eigenvalue weighted by atomic mass is 16.5. The van der Waals surface area contributed by atoms with Crippen LogP contribution in [0.5, 0.6) is 5.75 Å². The molecule has 0 aliphatic rings. The van der Waals surface area contributed by atoms with Gasteiger partial charge in [0.15, 0.2) is 0 Å². The molecule has 0 heterocycles. The van der Waals surface area contributed by atoms with E-state index in [1.54, 1.807) is 19.1 Å². The Morgan fingerprint density at radius 2 is 1.94 bits per heavy atom. The van der Waals surface area contributed by atoms with E-state index < -0.39 is 24.6 Å². The summed E-state index contributed by atoms with van der Waals surface area (Å²) >= 11 is 0. The Kier molecular flexibility index (Phi) is 4.93. The minimum Gasteiger partial charge on any atom is -0.508 e. The molecule has 1 aromatic rings. The first-order valence-electron chi connectivity index (χ1n) is 5.29. The number of benzene rings is 1. The Balaban J connectivity index is 2.54. The maximum atomic E-state index is 11.6. The number of aromatic hydroxyl groups is 1. The van der Waals surface area contributed by atoms with Crippen LogP contribution in [-0.2, 0) is 9.53 Å². The summed E-state index contributed by atoms with van der Waals surface area (Å²) in [5, 5.41) is 26.7. The van der Waals surface area contributed by atoms with Gasteiger partial charge in [-0.25, -0.2) is 0 Å². The minimum atomic E-state index is -1.05. The first kappa shape index (κ1) is 13.5. The summed E-state index contributed by atoms with van der Waals surface area (Å²) in [6, 6.07) is 6.23. The van der Waals surface area contributed by atoms with E-state index in [2.05, 4.69) is 0 Å². The van der Waals surface area contributed by atoms with Crippen LogP contribution >= 0.6 is 0 Å². The summed E-state index contributed by atoms with van der Waals surface area (Å²) in [6.45, 7) is 0.999. The lowest BCUT2D eigenvalue weighted by Gasteiger charge is -2.13. The highest BCUT2D eigenvalue weighted by molar-refractivity contribution is 5.77. The van der Waals surface area contributed by atoms with Gasteiger partial charge in [0, 0.05) is 0 Å². The molecule has 2 unspecified atom stereocenters. The number of aliphatic hydroxyl groups excluding tert-OH is 2. The van der Waals surface area contributed by atoms with Crippen LogP contribution in [0.25, 0.3) is 0 Å². The van der Waals surface area contributed by atoms with Crippen LogP contribution in [0, 0.1) is 0 Å². The average molecular weight is 240 g/mol. The summed E-state index contributed by atoms with van der Waals surface area (Å²) in [7, 11) is 0. The molecule has 5 heteroatoms. The van der Waals surface area contributed by atoms with Crippen molar-refractivity contribution in [1.29, 1.82) is 0 Å². The molecule has 0 saturated heterocycles. The molecule has 1 rings (SSSR count). The van der Waals surface area contributed by atoms with Gasteiger partial charge in [-0.1, -0.05) is 12.1 Å². The van der Waals surface area contributed by atoms with Crippen molar-refractivity contribution < 1.29 is 24.9 Å². The second-order valence-electron chi connectivity index (χ2n) is 3.78. The minimum absolute atomic E-state index is 0.130. The van der Waals surface area contributed by atoms with Crippen molar-refractivity contribution in [3.8, 4) is 5.75 Å². The number of rotatable bonds is 5. The average Bonchev–Trinajstić information content (AvgIpc) is 2.35. The van der Waals surface area contributed by atoms with Crippen molar-refractivity contribution in [2.24, 2.45) is 0 Å². The van der Waals surface area contributed by atoms with Crippen LogP contribution in [0.15, 0.2) is 24.3 Å². The smallest absolute Gasteiger partial charge is 0.313 e. The predicted molar refractivity (Wildman–Crippen MR) is 60.6 cm³/mol. The van der Waals surface area contributed by atoms with E-state index in [1.807, 2.05) is 0 Å². The van der Waals surface area contributed by atoms with Crippen LogP contribution < -0.4 is 0 Å². The lowest BCUT2D eigenvalue weighted by molar-refractivity contribution is -0.148. The third kappa shape index (κ3) is 4.05. The number of hydrogen-bond acceptors (Lipinski definition) is 5. The lowest BCUT2D eigenvalue weighted by Crippen LogP contribution is -2.24. The molecule has 94 valence electrons. The number of hydrogen-bond donors (Lipinski definition) is 3. The maximum absolute atomic E-state index is 11.6.